The van der Waals surface area contributed by atoms with Gasteiger partial charge in [0, 0.05) is 10.0 Å². The van der Waals surface area contributed by atoms with Gasteiger partial charge in [-0.25, -0.2) is 4.39 Å². The van der Waals surface area contributed by atoms with E-state index in [1.807, 2.05) is 59.2 Å². The minimum absolute atomic E-state index is 0.144. The van der Waals surface area contributed by atoms with E-state index in [1.165, 1.54) is 23.9 Å². The van der Waals surface area contributed by atoms with Crippen LogP contribution in [0.3, 0.4) is 0 Å². The van der Waals surface area contributed by atoms with Crippen molar-refractivity contribution in [3.05, 3.63) is 94.7 Å². The van der Waals surface area contributed by atoms with Gasteiger partial charge in [-0.15, -0.1) is 10.2 Å². The molecule has 0 fully saturated rings. The van der Waals surface area contributed by atoms with Gasteiger partial charge >= 0.3 is 0 Å². The Balaban J connectivity index is 1.55. The summed E-state index contributed by atoms with van der Waals surface area (Å²) < 4.78 is 16.1. The number of aromatic nitrogens is 3. The SMILES string of the molecule is O=C(CSc1nnc(-c2ccc(F)cc2)n1Cc1ccccc1)Nc1ccccc1Br. The molecule has 0 aliphatic carbocycles. The summed E-state index contributed by atoms with van der Waals surface area (Å²) in [5.41, 5.74) is 2.55. The number of carbonyl (C=O) groups is 1. The maximum Gasteiger partial charge on any atom is 0.234 e. The van der Waals surface area contributed by atoms with E-state index in [9.17, 15) is 9.18 Å². The van der Waals surface area contributed by atoms with Crippen molar-refractivity contribution in [2.24, 2.45) is 0 Å². The second kappa shape index (κ2) is 9.89. The Labute approximate surface area is 191 Å². The first-order valence-corrected chi connectivity index (χ1v) is 11.3. The fourth-order valence-corrected chi connectivity index (χ4v) is 4.12. The van der Waals surface area contributed by atoms with Crippen LogP contribution in [0.2, 0.25) is 0 Å². The molecule has 0 saturated heterocycles. The topological polar surface area (TPSA) is 59.8 Å². The van der Waals surface area contributed by atoms with E-state index in [0.29, 0.717) is 23.2 Å². The number of rotatable bonds is 7. The molecule has 4 rings (SSSR count). The number of carbonyl (C=O) groups excluding carboxylic acids is 1. The van der Waals surface area contributed by atoms with Crippen LogP contribution < -0.4 is 5.32 Å². The summed E-state index contributed by atoms with van der Waals surface area (Å²) in [7, 11) is 0. The first kappa shape index (κ1) is 21.3. The van der Waals surface area contributed by atoms with E-state index in [-0.39, 0.29) is 17.5 Å². The number of nitrogens with zero attached hydrogens (tertiary/aromatic N) is 3. The lowest BCUT2D eigenvalue weighted by molar-refractivity contribution is -0.113. The molecule has 1 amide bonds. The van der Waals surface area contributed by atoms with Crippen LogP contribution in [0.25, 0.3) is 11.4 Å². The Morgan fingerprint density at radius 3 is 2.42 bits per heavy atom. The average Bonchev–Trinajstić information content (AvgIpc) is 3.17. The first-order chi connectivity index (χ1) is 15.1. The molecule has 0 saturated carbocycles. The summed E-state index contributed by atoms with van der Waals surface area (Å²) >= 11 is 4.74. The zero-order valence-corrected chi connectivity index (χ0v) is 18.7. The molecule has 0 spiro atoms. The molecule has 0 bridgehead atoms. The van der Waals surface area contributed by atoms with Gasteiger partial charge in [0.25, 0.3) is 0 Å². The zero-order chi connectivity index (χ0) is 21.6. The average molecular weight is 497 g/mol. The highest BCUT2D eigenvalue weighted by Crippen LogP contribution is 2.26. The van der Waals surface area contributed by atoms with Crippen LogP contribution in [0.15, 0.2) is 88.5 Å². The maximum atomic E-state index is 13.4. The molecule has 1 N–H and O–H groups in total. The number of hydrogen-bond acceptors (Lipinski definition) is 4. The molecule has 0 radical (unpaired) electrons. The molecule has 0 atom stereocenters. The van der Waals surface area contributed by atoms with Gasteiger partial charge in [0.15, 0.2) is 11.0 Å². The minimum atomic E-state index is -0.309. The zero-order valence-electron chi connectivity index (χ0n) is 16.3. The van der Waals surface area contributed by atoms with Crippen molar-refractivity contribution in [2.75, 3.05) is 11.1 Å². The van der Waals surface area contributed by atoms with Crippen molar-refractivity contribution in [1.29, 1.82) is 0 Å². The molecule has 3 aromatic carbocycles. The smallest absolute Gasteiger partial charge is 0.234 e. The van der Waals surface area contributed by atoms with Gasteiger partial charge in [-0.05, 0) is 57.9 Å². The highest BCUT2D eigenvalue weighted by Gasteiger charge is 2.16. The van der Waals surface area contributed by atoms with Gasteiger partial charge in [-0.2, -0.15) is 0 Å². The van der Waals surface area contributed by atoms with Gasteiger partial charge in [0.1, 0.15) is 5.82 Å². The third-order valence-corrected chi connectivity index (χ3v) is 6.14. The third kappa shape index (κ3) is 5.39. The van der Waals surface area contributed by atoms with Crippen molar-refractivity contribution >= 4 is 39.3 Å². The fourth-order valence-electron chi connectivity index (χ4n) is 3.00. The lowest BCUT2D eigenvalue weighted by Crippen LogP contribution is -2.15. The van der Waals surface area contributed by atoms with Crippen LogP contribution in [0, 0.1) is 5.82 Å². The standard InChI is InChI=1S/C23H18BrFN4OS/c24-19-8-4-5-9-20(19)26-21(30)15-31-23-28-27-22(17-10-12-18(25)13-11-17)29(23)14-16-6-2-1-3-7-16/h1-13H,14-15H2,(H,26,30). The van der Waals surface area contributed by atoms with E-state index in [0.717, 1.165) is 15.6 Å². The monoisotopic (exact) mass is 496 g/mol. The predicted octanol–water partition coefficient (Wildman–Crippen LogP) is 5.63. The van der Waals surface area contributed by atoms with E-state index in [1.54, 1.807) is 12.1 Å². The summed E-state index contributed by atoms with van der Waals surface area (Å²) in [4.78, 5) is 12.5. The first-order valence-electron chi connectivity index (χ1n) is 9.50. The molecule has 1 aromatic heterocycles. The Kier molecular flexibility index (Phi) is 6.79. The van der Waals surface area contributed by atoms with Gasteiger partial charge in [0.05, 0.1) is 18.0 Å². The van der Waals surface area contributed by atoms with Gasteiger partial charge in [-0.3, -0.25) is 9.36 Å². The van der Waals surface area contributed by atoms with Gasteiger partial charge in [-0.1, -0.05) is 54.2 Å². The molecular formula is C23H18BrFN4OS. The third-order valence-electron chi connectivity index (χ3n) is 4.48. The number of hydrogen-bond donors (Lipinski definition) is 1. The van der Waals surface area contributed by atoms with E-state index < -0.39 is 0 Å². The summed E-state index contributed by atoms with van der Waals surface area (Å²) in [6, 6.07) is 23.5. The highest BCUT2D eigenvalue weighted by atomic mass is 79.9. The predicted molar refractivity (Wildman–Crippen MR) is 124 cm³/mol. The Hall–Kier alpha value is -2.97. The molecule has 0 unspecified atom stereocenters. The van der Waals surface area contributed by atoms with Crippen LogP contribution in [0.5, 0.6) is 0 Å². The second-order valence-corrected chi connectivity index (χ2v) is 8.50. The van der Waals surface area contributed by atoms with Crippen LogP contribution in [0.4, 0.5) is 10.1 Å². The minimum Gasteiger partial charge on any atom is -0.324 e. The number of thioether (sulfide) groups is 1. The van der Waals surface area contributed by atoms with Crippen molar-refractivity contribution in [2.45, 2.75) is 11.7 Å². The van der Waals surface area contributed by atoms with Crippen LogP contribution in [0.1, 0.15) is 5.56 Å². The number of halogens is 2. The summed E-state index contributed by atoms with van der Waals surface area (Å²) in [6.07, 6.45) is 0. The molecular weight excluding hydrogens is 479 g/mol. The van der Waals surface area contributed by atoms with E-state index in [4.69, 9.17) is 0 Å². The molecule has 0 aliphatic heterocycles. The lowest BCUT2D eigenvalue weighted by Gasteiger charge is -2.11. The number of benzene rings is 3. The van der Waals surface area contributed by atoms with Crippen LogP contribution >= 0.6 is 27.7 Å². The second-order valence-electron chi connectivity index (χ2n) is 6.70. The molecule has 1 heterocycles. The van der Waals surface area contributed by atoms with Crippen molar-refractivity contribution in [3.63, 3.8) is 0 Å². The normalized spacial score (nSPS) is 10.8. The molecule has 31 heavy (non-hydrogen) atoms. The fraction of sp³-hybridized carbons (Fsp3) is 0.0870. The summed E-state index contributed by atoms with van der Waals surface area (Å²) in [5, 5.41) is 12.1. The van der Waals surface area contributed by atoms with Crippen molar-refractivity contribution in [3.8, 4) is 11.4 Å². The van der Waals surface area contributed by atoms with Crippen molar-refractivity contribution in [1.82, 2.24) is 14.8 Å². The quantitative estimate of drug-likeness (QED) is 0.337. The molecule has 156 valence electrons. The summed E-state index contributed by atoms with van der Waals surface area (Å²) in [6.45, 7) is 0.536. The number of nitrogens with one attached hydrogen (secondary N) is 1. The summed E-state index contributed by atoms with van der Waals surface area (Å²) in [5.74, 6) is 0.348. The number of para-hydroxylation sites is 1. The number of anilines is 1. The van der Waals surface area contributed by atoms with Crippen molar-refractivity contribution < 1.29 is 9.18 Å². The lowest BCUT2D eigenvalue weighted by atomic mass is 10.2. The molecule has 4 aromatic rings. The Morgan fingerprint density at radius 2 is 1.68 bits per heavy atom. The van der Waals surface area contributed by atoms with Gasteiger partial charge < -0.3 is 5.32 Å². The van der Waals surface area contributed by atoms with Gasteiger partial charge in [0.2, 0.25) is 5.91 Å². The van der Waals surface area contributed by atoms with E-state index in [2.05, 4.69) is 31.4 Å². The largest absolute Gasteiger partial charge is 0.324 e. The highest BCUT2D eigenvalue weighted by molar-refractivity contribution is 9.10. The van der Waals surface area contributed by atoms with E-state index >= 15 is 0 Å². The maximum absolute atomic E-state index is 13.4. The number of amides is 1. The molecule has 0 aliphatic rings. The molecule has 8 heteroatoms. The van der Waals surface area contributed by atoms with Crippen LogP contribution in [-0.2, 0) is 11.3 Å². The Morgan fingerprint density at radius 1 is 0.968 bits per heavy atom. The molecule has 5 nitrogen and oxygen atoms in total. The Bertz CT molecular complexity index is 1180. The van der Waals surface area contributed by atoms with Crippen LogP contribution in [-0.4, -0.2) is 26.4 Å².